The third-order valence-electron chi connectivity index (χ3n) is 2.79. The third-order valence-corrected chi connectivity index (χ3v) is 2.79. The number of allylic oxidation sites excluding steroid dienone is 1. The molecule has 0 aromatic carbocycles. The highest BCUT2D eigenvalue weighted by atomic mass is 16.3. The topological polar surface area (TPSA) is 60.8 Å². The maximum atomic E-state index is 9.33. The van der Waals surface area contributed by atoms with Crippen molar-refractivity contribution in [3.63, 3.8) is 0 Å². The van der Waals surface area contributed by atoms with Gasteiger partial charge in [0.1, 0.15) is 0 Å². The Kier molecular flexibility index (Phi) is 21.0. The summed E-state index contributed by atoms with van der Waals surface area (Å²) in [4.78, 5) is 10.9. The molecule has 2 aliphatic rings. The molecule has 2 fully saturated rings. The first kappa shape index (κ1) is 23.2. The molecule has 1 unspecified atom stereocenters. The number of piperidine rings is 1. The van der Waals surface area contributed by atoms with E-state index in [0.717, 1.165) is 25.4 Å². The van der Waals surface area contributed by atoms with Crippen LogP contribution in [0.2, 0.25) is 0 Å². The van der Waals surface area contributed by atoms with Gasteiger partial charge in [0.15, 0.2) is 0 Å². The van der Waals surface area contributed by atoms with Crippen LogP contribution in [0.25, 0.3) is 0 Å². The lowest BCUT2D eigenvalue weighted by Crippen LogP contribution is -2.39. The maximum Gasteiger partial charge on any atom is 0.290 e. The molecule has 0 aliphatic carbocycles. The van der Waals surface area contributed by atoms with Gasteiger partial charge in [-0.25, -0.2) is 0 Å². The highest BCUT2D eigenvalue weighted by Gasteiger charge is 2.30. The molecular weight excluding hydrogens is 242 g/mol. The zero-order valence-corrected chi connectivity index (χ0v) is 12.0. The number of aliphatic hydroxyl groups excluding tert-OH is 1. The molecule has 4 nitrogen and oxygen atoms in total. The standard InChI is InChI=1S/C8H15NO.C3H6.C2H6.CH2O2.CH4/c10-8-3-5-9-4-1-2-7(9)6-8;1-3-2;1-2;2-1-3;/h7-8,10H,1-6H2;3H,1H2,2H3;1-2H3;1H,(H,2,3);1H4/t7?,8-;;;;/m1..../s1. The number of carbonyl (C=O) groups is 1. The Morgan fingerprint density at radius 1 is 1.26 bits per heavy atom. The average Bonchev–Trinajstić information content (AvgIpc) is 2.81. The SMILES string of the molecule is C.C=CC.CC.O=CO.O[C@@H]1CCN2CCCC2C1. The van der Waals surface area contributed by atoms with Crippen LogP contribution in [0.5, 0.6) is 0 Å². The van der Waals surface area contributed by atoms with E-state index in [1.165, 1.54) is 19.4 Å². The van der Waals surface area contributed by atoms with Crippen molar-refractivity contribution in [2.24, 2.45) is 0 Å². The van der Waals surface area contributed by atoms with E-state index in [4.69, 9.17) is 9.90 Å². The number of rotatable bonds is 0. The van der Waals surface area contributed by atoms with Gasteiger partial charge in [-0.05, 0) is 39.2 Å². The van der Waals surface area contributed by atoms with Gasteiger partial charge in [0.2, 0.25) is 0 Å². The maximum absolute atomic E-state index is 9.33. The smallest absolute Gasteiger partial charge is 0.290 e. The number of carboxylic acid groups (broad SMARTS) is 1. The van der Waals surface area contributed by atoms with Gasteiger partial charge < -0.3 is 15.1 Å². The monoisotopic (exact) mass is 275 g/mol. The van der Waals surface area contributed by atoms with Crippen LogP contribution in [0.4, 0.5) is 0 Å². The molecule has 0 aromatic rings. The molecule has 0 aromatic heterocycles. The van der Waals surface area contributed by atoms with Crippen LogP contribution in [0, 0.1) is 0 Å². The molecule has 19 heavy (non-hydrogen) atoms. The Labute approximate surface area is 119 Å². The average molecular weight is 275 g/mol. The van der Waals surface area contributed by atoms with Crippen LogP contribution in [-0.2, 0) is 4.79 Å². The molecule has 2 saturated heterocycles. The lowest BCUT2D eigenvalue weighted by Gasteiger charge is -2.32. The van der Waals surface area contributed by atoms with Crippen LogP contribution in [-0.4, -0.2) is 46.8 Å². The first-order chi connectivity index (χ1) is 8.69. The Balaban J connectivity index is -0.000000245. The minimum Gasteiger partial charge on any atom is -0.483 e. The Morgan fingerprint density at radius 2 is 1.74 bits per heavy atom. The second-order valence-electron chi connectivity index (χ2n) is 4.02. The molecule has 2 atom stereocenters. The normalized spacial score (nSPS) is 23.6. The van der Waals surface area contributed by atoms with Gasteiger partial charge in [0, 0.05) is 12.6 Å². The van der Waals surface area contributed by atoms with E-state index < -0.39 is 0 Å². The number of aliphatic hydroxyl groups is 1. The van der Waals surface area contributed by atoms with Gasteiger partial charge in [-0.15, -0.1) is 6.58 Å². The van der Waals surface area contributed by atoms with Crippen molar-refractivity contribution < 1.29 is 15.0 Å². The van der Waals surface area contributed by atoms with E-state index in [1.807, 2.05) is 20.8 Å². The van der Waals surface area contributed by atoms with Crippen LogP contribution in [0.15, 0.2) is 12.7 Å². The van der Waals surface area contributed by atoms with Crippen molar-refractivity contribution >= 4 is 6.47 Å². The largest absolute Gasteiger partial charge is 0.483 e. The summed E-state index contributed by atoms with van der Waals surface area (Å²) in [6.45, 7) is 11.4. The van der Waals surface area contributed by atoms with E-state index >= 15 is 0 Å². The van der Waals surface area contributed by atoms with E-state index in [0.29, 0.717) is 0 Å². The van der Waals surface area contributed by atoms with Crippen molar-refractivity contribution in [2.75, 3.05) is 13.1 Å². The quantitative estimate of drug-likeness (QED) is 0.526. The van der Waals surface area contributed by atoms with Crippen molar-refractivity contribution in [3.05, 3.63) is 12.7 Å². The minimum atomic E-state index is -0.250. The molecule has 0 spiro atoms. The molecule has 0 amide bonds. The second kappa shape index (κ2) is 17.1. The lowest BCUT2D eigenvalue weighted by molar-refractivity contribution is -0.122. The second-order valence-corrected chi connectivity index (χ2v) is 4.02. The van der Waals surface area contributed by atoms with E-state index in [9.17, 15) is 5.11 Å². The zero-order valence-electron chi connectivity index (χ0n) is 12.0. The lowest BCUT2D eigenvalue weighted by atomic mass is 10.0. The summed E-state index contributed by atoms with van der Waals surface area (Å²) in [5.74, 6) is 0. The summed E-state index contributed by atoms with van der Waals surface area (Å²) in [7, 11) is 0. The molecular formula is C15H33NO3. The van der Waals surface area contributed by atoms with Crippen LogP contribution in [0.3, 0.4) is 0 Å². The first-order valence-corrected chi connectivity index (χ1v) is 6.76. The Morgan fingerprint density at radius 3 is 2.21 bits per heavy atom. The number of hydrogen-bond donors (Lipinski definition) is 2. The highest BCUT2D eigenvalue weighted by Crippen LogP contribution is 2.26. The molecule has 0 bridgehead atoms. The number of nitrogens with zero attached hydrogens (tertiary/aromatic N) is 1. The molecule has 2 heterocycles. The van der Waals surface area contributed by atoms with Crippen molar-refractivity contribution in [1.29, 1.82) is 0 Å². The molecule has 0 radical (unpaired) electrons. The predicted octanol–water partition coefficient (Wildman–Crippen LogP) is 3.16. The van der Waals surface area contributed by atoms with Crippen LogP contribution < -0.4 is 0 Å². The fourth-order valence-electron chi connectivity index (χ4n) is 2.20. The van der Waals surface area contributed by atoms with Gasteiger partial charge >= 0.3 is 0 Å². The predicted molar refractivity (Wildman–Crippen MR) is 82.5 cm³/mol. The summed E-state index contributed by atoms with van der Waals surface area (Å²) in [6.07, 6.45) is 6.43. The van der Waals surface area contributed by atoms with Gasteiger partial charge in [-0.1, -0.05) is 27.4 Å². The Hall–Kier alpha value is -0.870. The fraction of sp³-hybridized carbons (Fsp3) is 0.800. The summed E-state index contributed by atoms with van der Waals surface area (Å²) >= 11 is 0. The Bertz CT molecular complexity index is 192. The highest BCUT2D eigenvalue weighted by molar-refractivity contribution is 5.32. The summed E-state index contributed by atoms with van der Waals surface area (Å²) in [5.41, 5.74) is 0. The van der Waals surface area contributed by atoms with Gasteiger partial charge in [-0.2, -0.15) is 0 Å². The van der Waals surface area contributed by atoms with Gasteiger partial charge in [0.25, 0.3) is 6.47 Å². The van der Waals surface area contributed by atoms with Crippen molar-refractivity contribution in [3.8, 4) is 0 Å². The molecule has 2 rings (SSSR count). The zero-order chi connectivity index (χ0) is 14.4. The van der Waals surface area contributed by atoms with Gasteiger partial charge in [0.05, 0.1) is 6.10 Å². The van der Waals surface area contributed by atoms with E-state index in [1.54, 1.807) is 6.08 Å². The number of hydrogen-bond acceptors (Lipinski definition) is 3. The van der Waals surface area contributed by atoms with E-state index in [-0.39, 0.29) is 20.0 Å². The molecule has 0 saturated carbocycles. The van der Waals surface area contributed by atoms with Crippen molar-refractivity contribution in [2.45, 2.75) is 66.0 Å². The molecule has 2 aliphatic heterocycles. The fourth-order valence-corrected chi connectivity index (χ4v) is 2.20. The molecule has 116 valence electrons. The summed E-state index contributed by atoms with van der Waals surface area (Å²) < 4.78 is 0. The minimum absolute atomic E-state index is 0. The number of fused-ring (bicyclic) bond motifs is 1. The first-order valence-electron chi connectivity index (χ1n) is 6.76. The molecule has 4 heteroatoms. The van der Waals surface area contributed by atoms with Crippen LogP contribution >= 0.6 is 0 Å². The summed E-state index contributed by atoms with van der Waals surface area (Å²) in [6, 6.07) is 0.726. The third kappa shape index (κ3) is 11.9. The molecule has 2 N–H and O–H groups in total. The van der Waals surface area contributed by atoms with Gasteiger partial charge in [-0.3, -0.25) is 4.79 Å². The van der Waals surface area contributed by atoms with Crippen LogP contribution in [0.1, 0.15) is 53.9 Å². The summed E-state index contributed by atoms with van der Waals surface area (Å²) in [5, 5.41) is 16.2. The van der Waals surface area contributed by atoms with Crippen molar-refractivity contribution in [1.82, 2.24) is 4.90 Å². The van der Waals surface area contributed by atoms with E-state index in [2.05, 4.69) is 11.5 Å².